The van der Waals surface area contributed by atoms with E-state index in [1.807, 2.05) is 30.3 Å². The Labute approximate surface area is 145 Å². The first-order valence-electron chi connectivity index (χ1n) is 8.51. The van der Waals surface area contributed by atoms with E-state index in [-0.39, 0.29) is 30.3 Å². The van der Waals surface area contributed by atoms with Gasteiger partial charge in [0.15, 0.2) is 0 Å². The molecule has 1 saturated heterocycles. The van der Waals surface area contributed by atoms with Gasteiger partial charge in [-0.15, -0.1) is 0 Å². The molecule has 0 saturated carbocycles. The normalized spacial score (nSPS) is 21.9. The predicted molar refractivity (Wildman–Crippen MR) is 89.8 cm³/mol. The third kappa shape index (κ3) is 3.38. The topological polar surface area (TPSA) is 71.8 Å². The van der Waals surface area contributed by atoms with Crippen LogP contribution in [-0.4, -0.2) is 35.9 Å². The number of para-hydroxylation sites is 1. The molecule has 0 radical (unpaired) electrons. The van der Waals surface area contributed by atoms with Crippen molar-refractivity contribution in [2.45, 2.75) is 25.5 Å². The van der Waals surface area contributed by atoms with Crippen LogP contribution in [0, 0.1) is 5.92 Å². The molecule has 2 atom stereocenters. The van der Waals surface area contributed by atoms with Gasteiger partial charge >= 0.3 is 0 Å². The van der Waals surface area contributed by atoms with Crippen molar-refractivity contribution in [1.82, 2.24) is 10.2 Å². The molecule has 0 aliphatic carbocycles. The lowest BCUT2D eigenvalue weighted by molar-refractivity contribution is -0.129. The lowest BCUT2D eigenvalue weighted by atomic mass is 10.1. The second kappa shape index (κ2) is 6.63. The highest BCUT2D eigenvalue weighted by Crippen LogP contribution is 2.28. The van der Waals surface area contributed by atoms with Gasteiger partial charge in [-0.25, -0.2) is 0 Å². The first kappa shape index (κ1) is 15.7. The summed E-state index contributed by atoms with van der Waals surface area (Å²) < 4.78 is 11.1. The van der Waals surface area contributed by atoms with E-state index in [4.69, 9.17) is 9.15 Å². The van der Waals surface area contributed by atoms with Crippen LogP contribution in [-0.2, 0) is 22.6 Å². The number of carbonyl (C=O) groups is 2. The molecular weight excluding hydrogens is 320 g/mol. The fraction of sp³-hybridized carbons (Fsp3) is 0.368. The maximum atomic E-state index is 12.4. The summed E-state index contributed by atoms with van der Waals surface area (Å²) in [4.78, 5) is 26.2. The molecule has 0 unspecified atom stereocenters. The Morgan fingerprint density at radius 3 is 2.88 bits per heavy atom. The lowest BCUT2D eigenvalue weighted by Gasteiger charge is -2.16. The smallest absolute Gasteiger partial charge is 0.225 e. The maximum Gasteiger partial charge on any atom is 0.225 e. The summed E-state index contributed by atoms with van der Waals surface area (Å²) in [5.41, 5.74) is 1.17. The number of fused-ring (bicyclic) bond motifs is 1. The zero-order chi connectivity index (χ0) is 17.2. The summed E-state index contributed by atoms with van der Waals surface area (Å²) in [6, 6.07) is 11.5. The van der Waals surface area contributed by atoms with Crippen LogP contribution in [0.25, 0.3) is 0 Å². The summed E-state index contributed by atoms with van der Waals surface area (Å²) in [6.07, 6.45) is 2.58. The van der Waals surface area contributed by atoms with Gasteiger partial charge < -0.3 is 19.4 Å². The third-order valence-electron chi connectivity index (χ3n) is 4.73. The average Bonchev–Trinajstić information content (AvgIpc) is 3.33. The number of nitrogens with zero attached hydrogens (tertiary/aromatic N) is 1. The molecule has 3 heterocycles. The van der Waals surface area contributed by atoms with Crippen LogP contribution >= 0.6 is 0 Å². The molecule has 0 spiro atoms. The molecule has 6 nitrogen and oxygen atoms in total. The van der Waals surface area contributed by atoms with Crippen LogP contribution in [0.2, 0.25) is 0 Å². The van der Waals surface area contributed by atoms with Crippen LogP contribution < -0.4 is 10.1 Å². The van der Waals surface area contributed by atoms with Crippen molar-refractivity contribution in [3.63, 3.8) is 0 Å². The van der Waals surface area contributed by atoms with E-state index in [1.165, 1.54) is 5.56 Å². The number of benzene rings is 1. The number of hydrogen-bond donors (Lipinski definition) is 1. The molecule has 2 amide bonds. The molecule has 130 valence electrons. The van der Waals surface area contributed by atoms with Crippen molar-refractivity contribution in [3.05, 3.63) is 54.0 Å². The van der Waals surface area contributed by atoms with Crippen LogP contribution in [0.5, 0.6) is 5.75 Å². The third-order valence-corrected chi connectivity index (χ3v) is 4.73. The molecule has 1 fully saturated rings. The van der Waals surface area contributed by atoms with Crippen molar-refractivity contribution >= 4 is 11.8 Å². The van der Waals surface area contributed by atoms with Crippen molar-refractivity contribution in [3.8, 4) is 5.75 Å². The minimum absolute atomic E-state index is 0.0129. The predicted octanol–water partition coefficient (Wildman–Crippen LogP) is 1.75. The molecule has 2 aromatic rings. The Hall–Kier alpha value is -2.76. The monoisotopic (exact) mass is 340 g/mol. The number of hydrogen-bond acceptors (Lipinski definition) is 4. The van der Waals surface area contributed by atoms with Gasteiger partial charge in [-0.2, -0.15) is 0 Å². The molecule has 1 aromatic carbocycles. The lowest BCUT2D eigenvalue weighted by Crippen LogP contribution is -2.38. The minimum atomic E-state index is -0.314. The molecule has 1 aromatic heterocycles. The summed E-state index contributed by atoms with van der Waals surface area (Å²) >= 11 is 0. The van der Waals surface area contributed by atoms with Crippen molar-refractivity contribution in [2.24, 2.45) is 5.92 Å². The Kier molecular flexibility index (Phi) is 4.17. The quantitative estimate of drug-likeness (QED) is 0.900. The van der Waals surface area contributed by atoms with E-state index >= 15 is 0 Å². The Morgan fingerprint density at radius 1 is 1.20 bits per heavy atom. The molecule has 25 heavy (non-hydrogen) atoms. The molecule has 1 N–H and O–H groups in total. The number of likely N-dealkylation sites (tertiary alicyclic amines) is 1. The number of ether oxygens (including phenoxy) is 1. The van der Waals surface area contributed by atoms with Crippen molar-refractivity contribution in [1.29, 1.82) is 0 Å². The standard InChI is InChI=1S/C19H20N2O4/c22-18-9-14(11-21(18)12-15-5-3-7-24-15)19(23)20-10-16-8-13-4-1-2-6-17(13)25-16/h1-7,14,16H,8-12H2,(H,20,23)/t14-,16-/m1/s1. The highest BCUT2D eigenvalue weighted by atomic mass is 16.5. The molecule has 2 aliphatic rings. The number of rotatable bonds is 5. The molecule has 0 bridgehead atoms. The largest absolute Gasteiger partial charge is 0.488 e. The summed E-state index contributed by atoms with van der Waals surface area (Å²) in [6.45, 7) is 1.30. The van der Waals surface area contributed by atoms with Crippen molar-refractivity contribution in [2.75, 3.05) is 13.1 Å². The number of amides is 2. The zero-order valence-corrected chi connectivity index (χ0v) is 13.8. The van der Waals surface area contributed by atoms with Gasteiger partial charge in [-0.05, 0) is 23.8 Å². The van der Waals surface area contributed by atoms with Gasteiger partial charge in [-0.1, -0.05) is 18.2 Å². The zero-order valence-electron chi connectivity index (χ0n) is 13.8. The van der Waals surface area contributed by atoms with E-state index in [0.717, 1.165) is 17.9 Å². The minimum Gasteiger partial charge on any atom is -0.488 e. The Balaban J connectivity index is 1.27. The van der Waals surface area contributed by atoms with E-state index in [1.54, 1.807) is 17.2 Å². The van der Waals surface area contributed by atoms with E-state index in [9.17, 15) is 9.59 Å². The van der Waals surface area contributed by atoms with Crippen LogP contribution in [0.4, 0.5) is 0 Å². The molecular formula is C19H20N2O4. The van der Waals surface area contributed by atoms with Gasteiger partial charge in [0.05, 0.1) is 25.3 Å². The second-order valence-corrected chi connectivity index (χ2v) is 6.55. The van der Waals surface area contributed by atoms with E-state index in [2.05, 4.69) is 5.32 Å². The first-order valence-corrected chi connectivity index (χ1v) is 8.51. The fourth-order valence-corrected chi connectivity index (χ4v) is 3.42. The van der Waals surface area contributed by atoms with E-state index < -0.39 is 0 Å². The Morgan fingerprint density at radius 2 is 2.08 bits per heavy atom. The molecule has 6 heteroatoms. The van der Waals surface area contributed by atoms with Gasteiger partial charge in [0.1, 0.15) is 17.6 Å². The highest BCUT2D eigenvalue weighted by Gasteiger charge is 2.35. The average molecular weight is 340 g/mol. The molecule has 4 rings (SSSR count). The van der Waals surface area contributed by atoms with Gasteiger partial charge in [-0.3, -0.25) is 9.59 Å². The Bertz CT molecular complexity index is 746. The summed E-state index contributed by atoms with van der Waals surface area (Å²) in [5.74, 6) is 1.20. The SMILES string of the molecule is O=C(NC[C@H]1Cc2ccccc2O1)[C@@H]1CC(=O)N(Cc2ccco2)C1. The van der Waals surface area contributed by atoms with Crippen LogP contribution in [0.3, 0.4) is 0 Å². The van der Waals surface area contributed by atoms with E-state index in [0.29, 0.717) is 19.6 Å². The number of nitrogens with one attached hydrogen (secondary N) is 1. The number of carbonyl (C=O) groups excluding carboxylic acids is 2. The van der Waals surface area contributed by atoms with Gasteiger partial charge in [0, 0.05) is 19.4 Å². The fourth-order valence-electron chi connectivity index (χ4n) is 3.42. The van der Waals surface area contributed by atoms with Crippen LogP contribution in [0.1, 0.15) is 17.7 Å². The van der Waals surface area contributed by atoms with Gasteiger partial charge in [0.25, 0.3) is 0 Å². The number of furan rings is 1. The second-order valence-electron chi connectivity index (χ2n) is 6.55. The van der Waals surface area contributed by atoms with Gasteiger partial charge in [0.2, 0.25) is 11.8 Å². The van der Waals surface area contributed by atoms with Crippen LogP contribution in [0.15, 0.2) is 47.1 Å². The first-order chi connectivity index (χ1) is 12.2. The summed E-state index contributed by atoms with van der Waals surface area (Å²) in [7, 11) is 0. The molecule has 2 aliphatic heterocycles. The summed E-state index contributed by atoms with van der Waals surface area (Å²) in [5, 5.41) is 2.94. The van der Waals surface area contributed by atoms with Crippen molar-refractivity contribution < 1.29 is 18.7 Å². The highest BCUT2D eigenvalue weighted by molar-refractivity contribution is 5.89. The maximum absolute atomic E-state index is 12.4.